The van der Waals surface area contributed by atoms with E-state index in [9.17, 15) is 13.2 Å². The molecule has 2 aromatic carbocycles. The number of aromatic nitrogens is 4. The Hall–Kier alpha value is -3.18. The van der Waals surface area contributed by atoms with Crippen LogP contribution >= 0.6 is 11.6 Å². The third-order valence-electron chi connectivity index (χ3n) is 6.27. The monoisotopic (exact) mass is 554 g/mol. The topological polar surface area (TPSA) is 124 Å². The van der Waals surface area contributed by atoms with Crippen LogP contribution in [0.15, 0.2) is 70.5 Å². The van der Waals surface area contributed by atoms with Crippen LogP contribution < -0.4 is 11.3 Å². The van der Waals surface area contributed by atoms with Crippen molar-refractivity contribution in [1.82, 2.24) is 23.8 Å². The second kappa shape index (κ2) is 11.7. The molecule has 0 aliphatic carbocycles. The molecule has 9 nitrogen and oxygen atoms in total. The van der Waals surface area contributed by atoms with Gasteiger partial charge in [0.15, 0.2) is 11.2 Å². The molecular weight excluding hydrogens is 524 g/mol. The number of aryl methyl sites for hydroxylation is 1. The summed E-state index contributed by atoms with van der Waals surface area (Å²) in [6, 6.07) is 15.3. The highest BCUT2D eigenvalue weighted by Crippen LogP contribution is 2.33. The van der Waals surface area contributed by atoms with Gasteiger partial charge < -0.3 is 5.73 Å². The molecule has 0 radical (unpaired) electrons. The van der Waals surface area contributed by atoms with Crippen LogP contribution in [0.3, 0.4) is 0 Å². The van der Waals surface area contributed by atoms with E-state index in [1.807, 2.05) is 51.1 Å². The normalized spacial score (nSPS) is 12.9. The van der Waals surface area contributed by atoms with E-state index >= 15 is 0 Å². The number of nitrogens with two attached hydrogens (primary N) is 1. The van der Waals surface area contributed by atoms with Gasteiger partial charge in [-0.1, -0.05) is 73.5 Å². The predicted molar refractivity (Wildman–Crippen MR) is 148 cm³/mol. The zero-order valence-corrected chi connectivity index (χ0v) is 23.2. The summed E-state index contributed by atoms with van der Waals surface area (Å²) in [5, 5.41) is 0.0716. The van der Waals surface area contributed by atoms with Crippen LogP contribution in [0.4, 0.5) is 0 Å². The van der Waals surface area contributed by atoms with Gasteiger partial charge in [-0.05, 0) is 43.5 Å². The molecule has 2 N–H and O–H groups in total. The van der Waals surface area contributed by atoms with Crippen LogP contribution in [-0.4, -0.2) is 45.3 Å². The molecule has 0 spiro atoms. The lowest BCUT2D eigenvalue weighted by Crippen LogP contribution is -2.42. The van der Waals surface area contributed by atoms with Crippen LogP contribution in [0.2, 0.25) is 5.15 Å². The van der Waals surface area contributed by atoms with Crippen molar-refractivity contribution >= 4 is 32.8 Å². The molecule has 0 aliphatic heterocycles. The smallest absolute Gasteiger partial charge is 0.282 e. The molecule has 0 aliphatic rings. The Morgan fingerprint density at radius 3 is 2.37 bits per heavy atom. The predicted octanol–water partition coefficient (Wildman–Crippen LogP) is 3.93. The molecular formula is C27H31ClN6O3S. The van der Waals surface area contributed by atoms with Gasteiger partial charge in [-0.15, -0.1) is 0 Å². The lowest BCUT2D eigenvalue weighted by Gasteiger charge is -2.34. The largest absolute Gasteiger partial charge is 0.330 e. The van der Waals surface area contributed by atoms with E-state index in [2.05, 4.69) is 9.97 Å². The van der Waals surface area contributed by atoms with E-state index in [1.165, 1.54) is 15.1 Å². The number of sulfonamides is 1. The first-order valence-electron chi connectivity index (χ1n) is 12.4. The van der Waals surface area contributed by atoms with Crippen molar-refractivity contribution in [1.29, 1.82) is 0 Å². The summed E-state index contributed by atoms with van der Waals surface area (Å²) in [6.07, 6.45) is 1.75. The van der Waals surface area contributed by atoms with E-state index in [0.29, 0.717) is 13.0 Å². The number of hydrogen-bond donors (Lipinski definition) is 1. The minimum atomic E-state index is -3.98. The standard InChI is InChI=1S/C27H31ClN6O3S/c1-18(2)24(34(15-7-14-29)38(36,37)21-12-10-19(3)11-13-21)26-32-25-23(31-22(28)16-30-25)27(35)33(26)17-20-8-5-4-6-9-20/h4-6,8-13,16,18,24H,7,14-15,17,29H2,1-3H3. The lowest BCUT2D eigenvalue weighted by atomic mass is 10.0. The summed E-state index contributed by atoms with van der Waals surface area (Å²) in [5.41, 5.74) is 7.30. The van der Waals surface area contributed by atoms with Crippen molar-refractivity contribution < 1.29 is 8.42 Å². The van der Waals surface area contributed by atoms with Gasteiger partial charge in [0, 0.05) is 6.54 Å². The van der Waals surface area contributed by atoms with Gasteiger partial charge in [-0.3, -0.25) is 9.36 Å². The zero-order valence-electron chi connectivity index (χ0n) is 21.6. The van der Waals surface area contributed by atoms with Crippen LogP contribution in [-0.2, 0) is 16.6 Å². The quantitative estimate of drug-likeness (QED) is 0.315. The van der Waals surface area contributed by atoms with Crippen molar-refractivity contribution in [3.8, 4) is 0 Å². The Labute approximate surface area is 227 Å². The Bertz CT molecular complexity index is 1570. The SMILES string of the molecule is Cc1ccc(S(=O)(=O)N(CCCN)C(c2nc3ncc(Cl)nc3c(=O)n2Cc2ccccc2)C(C)C)cc1. The zero-order chi connectivity index (χ0) is 27.4. The van der Waals surface area contributed by atoms with Crippen molar-refractivity contribution in [2.24, 2.45) is 11.7 Å². The number of halogens is 1. The van der Waals surface area contributed by atoms with Gasteiger partial charge in [0.2, 0.25) is 10.0 Å². The molecule has 0 bridgehead atoms. The second-order valence-electron chi connectivity index (χ2n) is 9.47. The minimum absolute atomic E-state index is 0.0228. The third-order valence-corrected chi connectivity index (χ3v) is 8.35. The minimum Gasteiger partial charge on any atom is -0.330 e. The maximum absolute atomic E-state index is 14.1. The molecule has 38 heavy (non-hydrogen) atoms. The van der Waals surface area contributed by atoms with E-state index in [0.717, 1.165) is 11.1 Å². The molecule has 0 fully saturated rings. The Balaban J connectivity index is 1.98. The number of fused-ring (bicyclic) bond motifs is 1. The average Bonchev–Trinajstić information content (AvgIpc) is 2.89. The summed E-state index contributed by atoms with van der Waals surface area (Å²) >= 11 is 6.05. The third kappa shape index (κ3) is 5.78. The van der Waals surface area contributed by atoms with Crippen molar-refractivity contribution in [3.05, 3.63) is 93.3 Å². The average molecular weight is 555 g/mol. The van der Waals surface area contributed by atoms with E-state index < -0.39 is 21.6 Å². The van der Waals surface area contributed by atoms with Crippen molar-refractivity contribution in [2.45, 2.75) is 44.7 Å². The first kappa shape index (κ1) is 27.8. The molecule has 200 valence electrons. The van der Waals surface area contributed by atoms with Gasteiger partial charge in [-0.25, -0.2) is 23.4 Å². The van der Waals surface area contributed by atoms with E-state index in [-0.39, 0.29) is 46.0 Å². The summed E-state index contributed by atoms with van der Waals surface area (Å²) in [7, 11) is -3.98. The Morgan fingerprint density at radius 1 is 1.05 bits per heavy atom. The van der Waals surface area contributed by atoms with Crippen molar-refractivity contribution in [2.75, 3.05) is 13.1 Å². The fourth-order valence-corrected chi connectivity index (χ4v) is 6.28. The van der Waals surface area contributed by atoms with Gasteiger partial charge in [0.1, 0.15) is 11.0 Å². The highest BCUT2D eigenvalue weighted by atomic mass is 35.5. The fourth-order valence-electron chi connectivity index (χ4n) is 4.39. The molecule has 0 saturated heterocycles. The van der Waals surface area contributed by atoms with Gasteiger partial charge in [-0.2, -0.15) is 4.31 Å². The van der Waals surface area contributed by atoms with Gasteiger partial charge in [0.05, 0.1) is 23.7 Å². The summed E-state index contributed by atoms with van der Waals surface area (Å²) in [5.74, 6) is 0.0327. The number of benzene rings is 2. The second-order valence-corrected chi connectivity index (χ2v) is 11.7. The maximum Gasteiger partial charge on any atom is 0.282 e. The van der Waals surface area contributed by atoms with E-state index in [4.69, 9.17) is 22.3 Å². The number of nitrogens with zero attached hydrogens (tertiary/aromatic N) is 5. The fraction of sp³-hybridized carbons (Fsp3) is 0.333. The Kier molecular flexibility index (Phi) is 8.57. The molecule has 0 amide bonds. The van der Waals surface area contributed by atoms with Crippen LogP contribution in [0, 0.1) is 12.8 Å². The summed E-state index contributed by atoms with van der Waals surface area (Å²) in [6.45, 7) is 6.33. The summed E-state index contributed by atoms with van der Waals surface area (Å²) in [4.78, 5) is 27.1. The van der Waals surface area contributed by atoms with Crippen LogP contribution in [0.25, 0.3) is 11.2 Å². The highest BCUT2D eigenvalue weighted by molar-refractivity contribution is 7.89. The molecule has 4 aromatic rings. The van der Waals surface area contributed by atoms with Crippen molar-refractivity contribution in [3.63, 3.8) is 0 Å². The first-order chi connectivity index (χ1) is 18.1. The lowest BCUT2D eigenvalue weighted by molar-refractivity contribution is 0.242. The first-order valence-corrected chi connectivity index (χ1v) is 14.2. The van der Waals surface area contributed by atoms with Gasteiger partial charge >= 0.3 is 0 Å². The van der Waals surface area contributed by atoms with E-state index in [1.54, 1.807) is 24.3 Å². The van der Waals surface area contributed by atoms with Gasteiger partial charge in [0.25, 0.3) is 5.56 Å². The number of hydrogen-bond acceptors (Lipinski definition) is 7. The molecule has 0 saturated carbocycles. The molecule has 2 aromatic heterocycles. The number of rotatable bonds is 10. The Morgan fingerprint density at radius 2 is 1.74 bits per heavy atom. The molecule has 1 unspecified atom stereocenters. The van der Waals surface area contributed by atoms with Crippen LogP contribution in [0.1, 0.15) is 43.3 Å². The van der Waals surface area contributed by atoms with Crippen LogP contribution in [0.5, 0.6) is 0 Å². The molecule has 4 rings (SSSR count). The summed E-state index contributed by atoms with van der Waals surface area (Å²) < 4.78 is 31.0. The molecule has 11 heteroatoms. The highest BCUT2D eigenvalue weighted by Gasteiger charge is 2.37. The molecule has 1 atom stereocenters. The molecule has 2 heterocycles. The maximum atomic E-state index is 14.1.